The molecule has 0 aliphatic carbocycles. The number of anilines is 1. The van der Waals surface area contributed by atoms with Crippen LogP contribution in [0.2, 0.25) is 5.02 Å². The number of hydrogen-bond acceptors (Lipinski definition) is 6. The zero-order chi connectivity index (χ0) is 20.2. The lowest BCUT2D eigenvalue weighted by Gasteiger charge is -2.36. The lowest BCUT2D eigenvalue weighted by molar-refractivity contribution is -0.128. The molecule has 29 heavy (non-hydrogen) atoms. The van der Waals surface area contributed by atoms with Crippen LogP contribution in [0.25, 0.3) is 11.5 Å². The third kappa shape index (κ3) is 5.12. The number of hydrogen-bond donors (Lipinski definition) is 0. The van der Waals surface area contributed by atoms with Crippen LogP contribution in [0.5, 0.6) is 0 Å². The number of thioether (sulfide) groups is 1. The van der Waals surface area contributed by atoms with E-state index in [1.54, 1.807) is 0 Å². The topological polar surface area (TPSA) is 62.5 Å². The summed E-state index contributed by atoms with van der Waals surface area (Å²) in [5.74, 6) is 0.788. The highest BCUT2D eigenvalue weighted by molar-refractivity contribution is 9.10. The fourth-order valence-corrected chi connectivity index (χ4v) is 4.36. The van der Waals surface area contributed by atoms with E-state index in [9.17, 15) is 4.79 Å². The number of carbonyl (C=O) groups is 1. The van der Waals surface area contributed by atoms with Crippen molar-refractivity contribution in [2.24, 2.45) is 0 Å². The standard InChI is InChI=1S/C20H18BrClN4O2S/c21-15-4-1-3-14(11-15)19-23-24-20(28-19)29-13-18(27)26-9-7-25(8-10-26)17-6-2-5-16(22)12-17/h1-6,11-12H,7-10,13H2. The van der Waals surface area contributed by atoms with Gasteiger partial charge in [-0.25, -0.2) is 0 Å². The second-order valence-electron chi connectivity index (χ2n) is 6.52. The molecule has 0 unspecified atom stereocenters. The van der Waals surface area contributed by atoms with Crippen LogP contribution in [-0.2, 0) is 4.79 Å². The quantitative estimate of drug-likeness (QED) is 0.484. The molecule has 1 aromatic heterocycles. The van der Waals surface area contributed by atoms with Crippen LogP contribution in [0.15, 0.2) is 62.6 Å². The summed E-state index contributed by atoms with van der Waals surface area (Å²) in [6.07, 6.45) is 0. The molecular formula is C20H18BrClN4O2S. The smallest absolute Gasteiger partial charge is 0.277 e. The van der Waals surface area contributed by atoms with Crippen molar-refractivity contribution in [1.82, 2.24) is 15.1 Å². The molecule has 0 radical (unpaired) electrons. The van der Waals surface area contributed by atoms with E-state index in [1.807, 2.05) is 53.4 Å². The van der Waals surface area contributed by atoms with Crippen molar-refractivity contribution in [3.05, 3.63) is 58.0 Å². The van der Waals surface area contributed by atoms with Gasteiger partial charge in [0.1, 0.15) is 0 Å². The molecule has 0 atom stereocenters. The first-order chi connectivity index (χ1) is 14.1. The van der Waals surface area contributed by atoms with Gasteiger partial charge in [-0.3, -0.25) is 4.79 Å². The first kappa shape index (κ1) is 20.3. The molecule has 2 aromatic carbocycles. The Bertz CT molecular complexity index is 1010. The first-order valence-corrected chi connectivity index (χ1v) is 11.2. The van der Waals surface area contributed by atoms with Gasteiger partial charge in [0.15, 0.2) is 0 Å². The number of halogens is 2. The van der Waals surface area contributed by atoms with Crippen molar-refractivity contribution in [2.75, 3.05) is 36.8 Å². The lowest BCUT2D eigenvalue weighted by atomic mass is 10.2. The number of nitrogens with zero attached hydrogens (tertiary/aromatic N) is 4. The van der Waals surface area contributed by atoms with Crippen LogP contribution < -0.4 is 4.90 Å². The third-order valence-corrected chi connectivity index (χ3v) is 6.13. The van der Waals surface area contributed by atoms with Gasteiger partial charge in [-0.15, -0.1) is 10.2 Å². The molecule has 1 amide bonds. The molecule has 4 rings (SSSR count). The normalized spacial score (nSPS) is 14.3. The van der Waals surface area contributed by atoms with Gasteiger partial charge in [0.05, 0.1) is 5.75 Å². The lowest BCUT2D eigenvalue weighted by Crippen LogP contribution is -2.49. The highest BCUT2D eigenvalue weighted by Crippen LogP contribution is 2.26. The largest absolute Gasteiger partial charge is 0.411 e. The average molecular weight is 494 g/mol. The molecule has 9 heteroatoms. The Balaban J connectivity index is 1.29. The molecule has 0 N–H and O–H groups in total. The number of rotatable bonds is 5. The highest BCUT2D eigenvalue weighted by atomic mass is 79.9. The molecular weight excluding hydrogens is 476 g/mol. The Kier molecular flexibility index (Phi) is 6.42. The monoisotopic (exact) mass is 492 g/mol. The summed E-state index contributed by atoms with van der Waals surface area (Å²) < 4.78 is 6.62. The maximum absolute atomic E-state index is 12.6. The fourth-order valence-electron chi connectivity index (χ4n) is 3.11. The maximum Gasteiger partial charge on any atom is 0.277 e. The molecule has 0 saturated carbocycles. The average Bonchev–Trinajstić information content (AvgIpc) is 3.21. The van der Waals surface area contributed by atoms with Crippen LogP contribution in [0, 0.1) is 0 Å². The molecule has 1 aliphatic heterocycles. The molecule has 150 valence electrons. The van der Waals surface area contributed by atoms with Crippen LogP contribution in [0.3, 0.4) is 0 Å². The zero-order valence-electron chi connectivity index (χ0n) is 15.4. The number of amides is 1. The maximum atomic E-state index is 12.6. The second kappa shape index (κ2) is 9.19. The number of piperazine rings is 1. The van der Waals surface area contributed by atoms with Gasteiger partial charge < -0.3 is 14.2 Å². The molecule has 6 nitrogen and oxygen atoms in total. The molecule has 0 bridgehead atoms. The van der Waals surface area contributed by atoms with Gasteiger partial charge >= 0.3 is 0 Å². The summed E-state index contributed by atoms with van der Waals surface area (Å²) in [4.78, 5) is 16.7. The summed E-state index contributed by atoms with van der Waals surface area (Å²) in [7, 11) is 0. The summed E-state index contributed by atoms with van der Waals surface area (Å²) >= 11 is 10.8. The fraction of sp³-hybridized carbons (Fsp3) is 0.250. The van der Waals surface area contributed by atoms with Gasteiger partial charge in [-0.1, -0.05) is 51.4 Å². The molecule has 0 spiro atoms. The molecule has 1 fully saturated rings. The predicted molar refractivity (Wildman–Crippen MR) is 118 cm³/mol. The van der Waals surface area contributed by atoms with E-state index in [4.69, 9.17) is 16.0 Å². The van der Waals surface area contributed by atoms with Gasteiger partial charge in [-0.2, -0.15) is 0 Å². The SMILES string of the molecule is O=C(CSc1nnc(-c2cccc(Br)c2)o1)N1CCN(c2cccc(Cl)c2)CC1. The van der Waals surface area contributed by atoms with E-state index in [2.05, 4.69) is 31.0 Å². The highest BCUT2D eigenvalue weighted by Gasteiger charge is 2.22. The van der Waals surface area contributed by atoms with Crippen molar-refractivity contribution in [2.45, 2.75) is 5.22 Å². The summed E-state index contributed by atoms with van der Waals surface area (Å²) in [5.41, 5.74) is 1.92. The van der Waals surface area contributed by atoms with Crippen LogP contribution in [0.4, 0.5) is 5.69 Å². The van der Waals surface area contributed by atoms with E-state index in [1.165, 1.54) is 11.8 Å². The Hall–Kier alpha value is -2.03. The van der Waals surface area contributed by atoms with E-state index in [0.29, 0.717) is 24.2 Å². The number of carbonyl (C=O) groups excluding carboxylic acids is 1. The van der Waals surface area contributed by atoms with Gasteiger partial charge in [-0.05, 0) is 36.4 Å². The first-order valence-electron chi connectivity index (χ1n) is 9.09. The Morgan fingerprint density at radius 2 is 1.90 bits per heavy atom. The van der Waals surface area contributed by atoms with Crippen molar-refractivity contribution >= 4 is 50.9 Å². The van der Waals surface area contributed by atoms with Crippen molar-refractivity contribution in [3.63, 3.8) is 0 Å². The van der Waals surface area contributed by atoms with E-state index < -0.39 is 0 Å². The van der Waals surface area contributed by atoms with Crippen molar-refractivity contribution in [3.8, 4) is 11.5 Å². The predicted octanol–water partition coefficient (Wildman–Crippen LogP) is 4.59. The molecule has 3 aromatic rings. The summed E-state index contributed by atoms with van der Waals surface area (Å²) in [5, 5.41) is 9.22. The zero-order valence-corrected chi connectivity index (χ0v) is 18.6. The Morgan fingerprint density at radius 3 is 2.66 bits per heavy atom. The minimum atomic E-state index is 0.0722. The molecule has 1 saturated heterocycles. The Labute approximate surface area is 186 Å². The van der Waals surface area contributed by atoms with E-state index >= 15 is 0 Å². The molecule has 1 aliphatic rings. The molecule has 2 heterocycles. The third-order valence-electron chi connectivity index (χ3n) is 4.60. The summed E-state index contributed by atoms with van der Waals surface area (Å²) in [6.45, 7) is 2.92. The number of aromatic nitrogens is 2. The Morgan fingerprint density at radius 1 is 1.10 bits per heavy atom. The van der Waals surface area contributed by atoms with Crippen molar-refractivity contribution in [1.29, 1.82) is 0 Å². The van der Waals surface area contributed by atoms with Gasteiger partial charge in [0, 0.05) is 46.9 Å². The van der Waals surface area contributed by atoms with E-state index in [-0.39, 0.29) is 11.7 Å². The van der Waals surface area contributed by atoms with E-state index in [0.717, 1.165) is 33.8 Å². The van der Waals surface area contributed by atoms with Crippen LogP contribution in [0.1, 0.15) is 0 Å². The van der Waals surface area contributed by atoms with Gasteiger partial charge in [0.25, 0.3) is 5.22 Å². The van der Waals surface area contributed by atoms with Gasteiger partial charge in [0.2, 0.25) is 11.8 Å². The van der Waals surface area contributed by atoms with Crippen LogP contribution >= 0.6 is 39.3 Å². The van der Waals surface area contributed by atoms with Crippen LogP contribution in [-0.4, -0.2) is 52.9 Å². The minimum Gasteiger partial charge on any atom is -0.411 e. The minimum absolute atomic E-state index is 0.0722. The van der Waals surface area contributed by atoms with Crippen molar-refractivity contribution < 1.29 is 9.21 Å². The second-order valence-corrected chi connectivity index (χ2v) is 8.80. The summed E-state index contributed by atoms with van der Waals surface area (Å²) in [6, 6.07) is 15.4. The number of benzene rings is 2.